The first-order valence-electron chi connectivity index (χ1n) is 5.33. The molecule has 1 heterocycles. The molecule has 0 radical (unpaired) electrons. The molecule has 1 aromatic carbocycles. The maximum atomic E-state index is 11.9. The molecule has 0 saturated heterocycles. The molecule has 1 amide bonds. The number of nitrogen functional groups attached to an aromatic ring is 1. The number of amides is 1. The quantitative estimate of drug-likeness (QED) is 0.818. The van der Waals surface area contributed by atoms with Gasteiger partial charge in [-0.15, -0.1) is 11.3 Å². The molecule has 0 unspecified atom stereocenters. The zero-order chi connectivity index (χ0) is 12.3. The lowest BCUT2D eigenvalue weighted by atomic mass is 10.1. The minimum Gasteiger partial charge on any atom is -0.399 e. The Labute approximate surface area is 104 Å². The number of hydrogen-bond donors (Lipinski definition) is 2. The third-order valence-corrected chi connectivity index (χ3v) is 3.41. The third-order valence-electron chi connectivity index (χ3n) is 2.54. The van der Waals surface area contributed by atoms with Crippen LogP contribution in [0.2, 0.25) is 0 Å². The van der Waals surface area contributed by atoms with Crippen molar-refractivity contribution < 1.29 is 4.79 Å². The van der Waals surface area contributed by atoms with Gasteiger partial charge in [-0.25, -0.2) is 0 Å². The Hall–Kier alpha value is -1.81. The summed E-state index contributed by atoms with van der Waals surface area (Å²) in [5.41, 5.74) is 7.99. The van der Waals surface area contributed by atoms with Crippen LogP contribution in [0.3, 0.4) is 0 Å². The molecule has 4 heteroatoms. The van der Waals surface area contributed by atoms with E-state index in [1.54, 1.807) is 29.5 Å². The maximum Gasteiger partial charge on any atom is 0.251 e. The fourth-order valence-corrected chi connectivity index (χ4v) is 2.14. The molecule has 0 aliphatic heterocycles. The number of nitrogens with two attached hydrogens (primary N) is 1. The van der Waals surface area contributed by atoms with Crippen molar-refractivity contribution in [3.63, 3.8) is 0 Å². The highest BCUT2D eigenvalue weighted by Gasteiger charge is 2.06. The fraction of sp³-hybridized carbons (Fsp3) is 0.154. The minimum absolute atomic E-state index is 0.0681. The van der Waals surface area contributed by atoms with Crippen molar-refractivity contribution in [3.8, 4) is 0 Å². The van der Waals surface area contributed by atoms with E-state index in [4.69, 9.17) is 5.73 Å². The summed E-state index contributed by atoms with van der Waals surface area (Å²) in [6, 6.07) is 9.28. The van der Waals surface area contributed by atoms with Gasteiger partial charge in [0.2, 0.25) is 0 Å². The molecule has 1 aromatic heterocycles. The summed E-state index contributed by atoms with van der Waals surface area (Å²) in [7, 11) is 0. The molecule has 2 aromatic rings. The molecule has 0 saturated carbocycles. The highest BCUT2D eigenvalue weighted by molar-refractivity contribution is 7.09. The van der Waals surface area contributed by atoms with Gasteiger partial charge in [0, 0.05) is 16.1 Å². The van der Waals surface area contributed by atoms with Crippen molar-refractivity contribution in [1.82, 2.24) is 5.32 Å². The van der Waals surface area contributed by atoms with Gasteiger partial charge in [-0.1, -0.05) is 6.07 Å². The van der Waals surface area contributed by atoms with Crippen LogP contribution in [0.25, 0.3) is 0 Å². The number of benzene rings is 1. The van der Waals surface area contributed by atoms with Crippen LogP contribution < -0.4 is 11.1 Å². The molecule has 0 fully saturated rings. The normalized spacial score (nSPS) is 10.2. The highest BCUT2D eigenvalue weighted by atomic mass is 32.1. The second kappa shape index (κ2) is 5.01. The first-order chi connectivity index (χ1) is 8.16. The summed E-state index contributed by atoms with van der Waals surface area (Å²) in [5, 5.41) is 4.87. The molecule has 0 aliphatic rings. The standard InChI is InChI=1S/C13H14N2OS/c1-9-7-10(4-5-12(9)14)13(16)15-8-11-3-2-6-17-11/h2-7H,8,14H2,1H3,(H,15,16). The van der Waals surface area contributed by atoms with Crippen molar-refractivity contribution in [1.29, 1.82) is 0 Å². The maximum absolute atomic E-state index is 11.9. The summed E-state index contributed by atoms with van der Waals surface area (Å²) in [4.78, 5) is 13.0. The lowest BCUT2D eigenvalue weighted by Gasteiger charge is -2.06. The van der Waals surface area contributed by atoms with Crippen molar-refractivity contribution in [2.45, 2.75) is 13.5 Å². The molecule has 88 valence electrons. The zero-order valence-electron chi connectivity index (χ0n) is 9.57. The molecule has 17 heavy (non-hydrogen) atoms. The Kier molecular flexibility index (Phi) is 3.44. The van der Waals surface area contributed by atoms with Gasteiger partial charge in [0.25, 0.3) is 5.91 Å². The Morgan fingerprint density at radius 1 is 1.41 bits per heavy atom. The monoisotopic (exact) mass is 246 g/mol. The Balaban J connectivity index is 2.02. The second-order valence-electron chi connectivity index (χ2n) is 3.83. The zero-order valence-corrected chi connectivity index (χ0v) is 10.4. The average Bonchev–Trinajstić information content (AvgIpc) is 2.82. The van der Waals surface area contributed by atoms with Gasteiger partial charge in [-0.05, 0) is 42.1 Å². The minimum atomic E-state index is -0.0681. The molecule has 0 bridgehead atoms. The van der Waals surface area contributed by atoms with E-state index in [0.29, 0.717) is 17.8 Å². The van der Waals surface area contributed by atoms with Gasteiger partial charge in [0.1, 0.15) is 0 Å². The summed E-state index contributed by atoms with van der Waals surface area (Å²) < 4.78 is 0. The van der Waals surface area contributed by atoms with Gasteiger partial charge in [0.15, 0.2) is 0 Å². The van der Waals surface area contributed by atoms with Crippen LogP contribution in [0.4, 0.5) is 5.69 Å². The topological polar surface area (TPSA) is 55.1 Å². The Morgan fingerprint density at radius 3 is 2.88 bits per heavy atom. The van der Waals surface area contributed by atoms with Gasteiger partial charge in [-0.2, -0.15) is 0 Å². The molecule has 0 spiro atoms. The van der Waals surface area contributed by atoms with Crippen LogP contribution in [0.5, 0.6) is 0 Å². The molecular formula is C13H14N2OS. The molecule has 2 rings (SSSR count). The van der Waals surface area contributed by atoms with Crippen molar-refractivity contribution in [2.24, 2.45) is 0 Å². The second-order valence-corrected chi connectivity index (χ2v) is 4.87. The number of carbonyl (C=O) groups is 1. The van der Waals surface area contributed by atoms with E-state index >= 15 is 0 Å². The summed E-state index contributed by atoms with van der Waals surface area (Å²) >= 11 is 1.63. The summed E-state index contributed by atoms with van der Waals surface area (Å²) in [6.07, 6.45) is 0. The van der Waals surface area contributed by atoms with Crippen molar-refractivity contribution in [3.05, 3.63) is 51.7 Å². The van der Waals surface area contributed by atoms with E-state index in [9.17, 15) is 4.79 Å². The van der Waals surface area contributed by atoms with Crippen LogP contribution in [-0.4, -0.2) is 5.91 Å². The van der Waals surface area contributed by atoms with Crippen molar-refractivity contribution >= 4 is 22.9 Å². The van der Waals surface area contributed by atoms with Crippen LogP contribution >= 0.6 is 11.3 Å². The van der Waals surface area contributed by atoms with Crippen LogP contribution in [0.15, 0.2) is 35.7 Å². The van der Waals surface area contributed by atoms with Crippen LogP contribution in [0.1, 0.15) is 20.8 Å². The molecule has 3 N–H and O–H groups in total. The number of aryl methyl sites for hydroxylation is 1. The molecule has 3 nitrogen and oxygen atoms in total. The van der Waals surface area contributed by atoms with E-state index in [0.717, 1.165) is 10.4 Å². The number of rotatable bonds is 3. The van der Waals surface area contributed by atoms with E-state index in [2.05, 4.69) is 5.32 Å². The number of carbonyl (C=O) groups excluding carboxylic acids is 1. The third kappa shape index (κ3) is 2.85. The smallest absolute Gasteiger partial charge is 0.251 e. The molecule has 0 aliphatic carbocycles. The van der Waals surface area contributed by atoms with E-state index in [1.165, 1.54) is 0 Å². The van der Waals surface area contributed by atoms with E-state index in [1.807, 2.05) is 24.4 Å². The fourth-order valence-electron chi connectivity index (χ4n) is 1.50. The van der Waals surface area contributed by atoms with E-state index < -0.39 is 0 Å². The summed E-state index contributed by atoms with van der Waals surface area (Å²) in [5.74, 6) is -0.0681. The summed E-state index contributed by atoms with van der Waals surface area (Å²) in [6.45, 7) is 2.46. The number of thiophene rings is 1. The Bertz CT molecular complexity index is 520. The molecule has 0 atom stereocenters. The number of hydrogen-bond acceptors (Lipinski definition) is 3. The van der Waals surface area contributed by atoms with Gasteiger partial charge in [-0.3, -0.25) is 4.79 Å². The predicted octanol–water partition coefficient (Wildman–Crippen LogP) is 2.57. The van der Waals surface area contributed by atoms with E-state index in [-0.39, 0.29) is 5.91 Å². The van der Waals surface area contributed by atoms with Gasteiger partial charge >= 0.3 is 0 Å². The highest BCUT2D eigenvalue weighted by Crippen LogP contribution is 2.13. The lowest BCUT2D eigenvalue weighted by Crippen LogP contribution is -2.22. The van der Waals surface area contributed by atoms with Crippen LogP contribution in [0, 0.1) is 6.92 Å². The van der Waals surface area contributed by atoms with Crippen LogP contribution in [-0.2, 0) is 6.54 Å². The largest absolute Gasteiger partial charge is 0.399 e. The number of anilines is 1. The first kappa shape index (κ1) is 11.7. The average molecular weight is 246 g/mol. The first-order valence-corrected chi connectivity index (χ1v) is 6.21. The predicted molar refractivity (Wildman–Crippen MR) is 71.1 cm³/mol. The molecular weight excluding hydrogens is 232 g/mol. The van der Waals surface area contributed by atoms with Gasteiger partial charge in [0.05, 0.1) is 6.54 Å². The SMILES string of the molecule is Cc1cc(C(=O)NCc2cccs2)ccc1N. The lowest BCUT2D eigenvalue weighted by molar-refractivity contribution is 0.0951. The van der Waals surface area contributed by atoms with Gasteiger partial charge < -0.3 is 11.1 Å². The number of nitrogens with one attached hydrogen (secondary N) is 1. The van der Waals surface area contributed by atoms with Crippen molar-refractivity contribution in [2.75, 3.05) is 5.73 Å². The Morgan fingerprint density at radius 2 is 2.24 bits per heavy atom.